The third-order valence-electron chi connectivity index (χ3n) is 3.09. The predicted octanol–water partition coefficient (Wildman–Crippen LogP) is 1.29. The highest BCUT2D eigenvalue weighted by atomic mass is 32.2. The Morgan fingerprint density at radius 2 is 1.95 bits per heavy atom. The van der Waals surface area contributed by atoms with Gasteiger partial charge in [0, 0.05) is 31.0 Å². The van der Waals surface area contributed by atoms with Crippen LogP contribution in [-0.4, -0.2) is 36.5 Å². The number of sulfonamides is 1. The van der Waals surface area contributed by atoms with E-state index in [9.17, 15) is 8.42 Å². The molecule has 0 bridgehead atoms. The first kappa shape index (κ1) is 16.7. The maximum atomic E-state index is 11.3. The summed E-state index contributed by atoms with van der Waals surface area (Å²) in [5, 5.41) is 7.55. The maximum Gasteiger partial charge on any atom is 0.209 e. The zero-order chi connectivity index (χ0) is 16.2. The van der Waals surface area contributed by atoms with Crippen LogP contribution in [0.15, 0.2) is 42.7 Å². The lowest BCUT2D eigenvalue weighted by Crippen LogP contribution is -2.49. The van der Waals surface area contributed by atoms with Crippen molar-refractivity contribution in [3.63, 3.8) is 0 Å². The summed E-state index contributed by atoms with van der Waals surface area (Å²) in [5.74, 6) is 0. The zero-order valence-electron chi connectivity index (χ0n) is 13.1. The molecule has 0 aliphatic heterocycles. The number of nitrogens with one attached hydrogen (secondary N) is 2. The van der Waals surface area contributed by atoms with Crippen LogP contribution in [0.4, 0.5) is 0 Å². The number of rotatable bonds is 7. The molecule has 7 heteroatoms. The molecular weight excluding hydrogens is 300 g/mol. The quantitative estimate of drug-likeness (QED) is 0.805. The van der Waals surface area contributed by atoms with Crippen molar-refractivity contribution in [2.45, 2.75) is 25.9 Å². The van der Waals surface area contributed by atoms with Gasteiger partial charge in [0.2, 0.25) is 10.0 Å². The summed E-state index contributed by atoms with van der Waals surface area (Å²) in [5.41, 5.74) is 1.56. The Kier molecular flexibility index (Phi) is 5.00. The summed E-state index contributed by atoms with van der Waals surface area (Å²) >= 11 is 0. The van der Waals surface area contributed by atoms with Crippen molar-refractivity contribution in [3.8, 4) is 5.69 Å². The molecule has 0 aliphatic carbocycles. The van der Waals surface area contributed by atoms with Crippen LogP contribution >= 0.6 is 0 Å². The van der Waals surface area contributed by atoms with Crippen LogP contribution < -0.4 is 10.0 Å². The molecule has 2 aromatic rings. The summed E-state index contributed by atoms with van der Waals surface area (Å²) in [6.45, 7) is 4.85. The zero-order valence-corrected chi connectivity index (χ0v) is 13.9. The fourth-order valence-corrected chi connectivity index (χ4v) is 3.42. The van der Waals surface area contributed by atoms with Crippen molar-refractivity contribution in [2.75, 3.05) is 12.8 Å². The summed E-state index contributed by atoms with van der Waals surface area (Å²) in [7, 11) is -3.22. The lowest BCUT2D eigenvalue weighted by molar-refractivity contribution is 0.421. The molecule has 0 fully saturated rings. The van der Waals surface area contributed by atoms with E-state index in [2.05, 4.69) is 15.1 Å². The molecule has 0 spiro atoms. The topological polar surface area (TPSA) is 76.0 Å². The fourth-order valence-electron chi connectivity index (χ4n) is 2.34. The second kappa shape index (κ2) is 6.60. The van der Waals surface area contributed by atoms with E-state index >= 15 is 0 Å². The summed E-state index contributed by atoms with van der Waals surface area (Å²) in [6.07, 6.45) is 4.80. The second-order valence-electron chi connectivity index (χ2n) is 5.94. The maximum absolute atomic E-state index is 11.3. The summed E-state index contributed by atoms with van der Waals surface area (Å²) < 4.78 is 27.1. The van der Waals surface area contributed by atoms with E-state index in [1.165, 1.54) is 6.26 Å². The minimum absolute atomic E-state index is 0.521. The number of nitrogens with zero attached hydrogens (tertiary/aromatic N) is 2. The van der Waals surface area contributed by atoms with E-state index in [1.54, 1.807) is 6.20 Å². The van der Waals surface area contributed by atoms with Gasteiger partial charge in [-0.2, -0.15) is 5.10 Å². The Labute approximate surface area is 131 Å². The van der Waals surface area contributed by atoms with Crippen molar-refractivity contribution in [2.24, 2.45) is 0 Å². The number of benzene rings is 1. The Bertz CT molecular complexity index is 709. The van der Waals surface area contributed by atoms with Crippen LogP contribution in [0.3, 0.4) is 0 Å². The second-order valence-corrected chi connectivity index (χ2v) is 7.69. The minimum Gasteiger partial charge on any atom is -0.311 e. The van der Waals surface area contributed by atoms with Gasteiger partial charge in [-0.1, -0.05) is 18.2 Å². The minimum atomic E-state index is -3.22. The Balaban J connectivity index is 2.01. The number of aromatic nitrogens is 2. The lowest BCUT2D eigenvalue weighted by Gasteiger charge is -2.25. The number of para-hydroxylation sites is 1. The van der Waals surface area contributed by atoms with Gasteiger partial charge in [0.1, 0.15) is 0 Å². The number of hydrogen-bond acceptors (Lipinski definition) is 4. The van der Waals surface area contributed by atoms with Crippen LogP contribution in [0.2, 0.25) is 0 Å². The van der Waals surface area contributed by atoms with Crippen molar-refractivity contribution in [3.05, 3.63) is 48.3 Å². The first-order chi connectivity index (χ1) is 10.3. The molecule has 0 aliphatic rings. The molecule has 1 aromatic carbocycles. The van der Waals surface area contributed by atoms with Crippen LogP contribution in [0.1, 0.15) is 19.4 Å². The Morgan fingerprint density at radius 3 is 2.59 bits per heavy atom. The van der Waals surface area contributed by atoms with Gasteiger partial charge in [-0.3, -0.25) is 0 Å². The monoisotopic (exact) mass is 322 g/mol. The van der Waals surface area contributed by atoms with Gasteiger partial charge in [-0.15, -0.1) is 0 Å². The van der Waals surface area contributed by atoms with Gasteiger partial charge in [-0.05, 0) is 31.5 Å². The van der Waals surface area contributed by atoms with E-state index in [0.717, 1.165) is 11.3 Å². The van der Waals surface area contributed by atoms with Crippen molar-refractivity contribution < 1.29 is 8.42 Å². The van der Waals surface area contributed by atoms with Crippen LogP contribution in [0.25, 0.3) is 5.69 Å². The van der Waals surface area contributed by atoms with Crippen molar-refractivity contribution in [1.29, 1.82) is 0 Å². The summed E-state index contributed by atoms with van der Waals surface area (Å²) in [6, 6.07) is 9.85. The Morgan fingerprint density at radius 1 is 1.23 bits per heavy atom. The molecule has 2 N–H and O–H groups in total. The summed E-state index contributed by atoms with van der Waals surface area (Å²) in [4.78, 5) is 0. The molecule has 0 saturated carbocycles. The largest absolute Gasteiger partial charge is 0.311 e. The van der Waals surface area contributed by atoms with Crippen LogP contribution in [0, 0.1) is 0 Å². The molecule has 1 aromatic heterocycles. The first-order valence-corrected chi connectivity index (χ1v) is 8.94. The molecule has 0 saturated heterocycles. The lowest BCUT2D eigenvalue weighted by atomic mass is 10.1. The highest BCUT2D eigenvalue weighted by Gasteiger charge is 2.21. The molecule has 1 heterocycles. The van der Waals surface area contributed by atoms with Gasteiger partial charge in [0.05, 0.1) is 11.9 Å². The standard InChI is InChI=1S/C15H22N4O2S/c1-15(2,18-22(3,20)21)12-16-11-13-7-4-5-8-14(13)19-10-6-9-17-19/h4-10,16,18H,11-12H2,1-3H3. The average Bonchev–Trinajstić information content (AvgIpc) is 2.90. The van der Waals surface area contributed by atoms with Gasteiger partial charge in [-0.25, -0.2) is 17.8 Å². The average molecular weight is 322 g/mol. The van der Waals surface area contributed by atoms with Crippen LogP contribution in [-0.2, 0) is 16.6 Å². The third-order valence-corrected chi connectivity index (χ3v) is 4.01. The van der Waals surface area contributed by atoms with E-state index < -0.39 is 15.6 Å². The van der Waals surface area contributed by atoms with Crippen molar-refractivity contribution in [1.82, 2.24) is 19.8 Å². The van der Waals surface area contributed by atoms with Crippen molar-refractivity contribution >= 4 is 10.0 Å². The van der Waals surface area contributed by atoms with Gasteiger partial charge in [0.15, 0.2) is 0 Å². The molecule has 0 amide bonds. The molecule has 6 nitrogen and oxygen atoms in total. The molecule has 120 valence electrons. The van der Waals surface area contributed by atoms with E-state index in [4.69, 9.17) is 0 Å². The Hall–Kier alpha value is -1.70. The number of hydrogen-bond donors (Lipinski definition) is 2. The van der Waals surface area contributed by atoms with Crippen LogP contribution in [0.5, 0.6) is 0 Å². The molecule has 2 rings (SSSR count). The van der Waals surface area contributed by atoms with Gasteiger partial charge < -0.3 is 5.32 Å². The van der Waals surface area contributed by atoms with E-state index in [-0.39, 0.29) is 0 Å². The van der Waals surface area contributed by atoms with E-state index in [0.29, 0.717) is 13.1 Å². The highest BCUT2D eigenvalue weighted by molar-refractivity contribution is 7.88. The molecular formula is C15H22N4O2S. The van der Waals surface area contributed by atoms with Gasteiger partial charge in [0.25, 0.3) is 0 Å². The highest BCUT2D eigenvalue weighted by Crippen LogP contribution is 2.13. The smallest absolute Gasteiger partial charge is 0.209 e. The molecule has 0 radical (unpaired) electrons. The molecule has 0 atom stereocenters. The fraction of sp³-hybridized carbons (Fsp3) is 0.400. The van der Waals surface area contributed by atoms with E-state index in [1.807, 2.05) is 55.1 Å². The first-order valence-electron chi connectivity index (χ1n) is 7.04. The molecule has 22 heavy (non-hydrogen) atoms. The predicted molar refractivity (Wildman–Crippen MR) is 87.3 cm³/mol. The molecule has 0 unspecified atom stereocenters. The SMILES string of the molecule is CC(C)(CNCc1ccccc1-n1cccn1)NS(C)(=O)=O. The normalized spacial score (nSPS) is 12.5. The van der Waals surface area contributed by atoms with Gasteiger partial charge >= 0.3 is 0 Å². The third kappa shape index (κ3) is 4.94.